The first kappa shape index (κ1) is 17.1. The topological polar surface area (TPSA) is 118 Å². The first-order chi connectivity index (χ1) is 11.2. The molecule has 0 aromatic heterocycles. The molecule has 24 heavy (non-hydrogen) atoms. The number of carboxylic acids is 1. The highest BCUT2D eigenvalue weighted by atomic mass is 35.5. The zero-order valence-electron chi connectivity index (χ0n) is 12.5. The maximum atomic E-state index is 12.9. The van der Waals surface area contributed by atoms with Crippen molar-refractivity contribution >= 4 is 33.3 Å². The van der Waals surface area contributed by atoms with Crippen molar-refractivity contribution in [2.24, 2.45) is 11.3 Å². The third-order valence-corrected chi connectivity index (χ3v) is 7.10. The highest BCUT2D eigenvalue weighted by Gasteiger charge is 2.57. The van der Waals surface area contributed by atoms with Crippen LogP contribution in [0.3, 0.4) is 0 Å². The molecule has 1 heterocycles. The molecule has 1 aromatic carbocycles. The Hall–Kier alpha value is -1.71. The van der Waals surface area contributed by atoms with Crippen LogP contribution in [0.1, 0.15) is 19.3 Å². The Morgan fingerprint density at radius 3 is 2.75 bits per heavy atom. The molecule has 10 heteroatoms. The number of fused-ring (bicyclic) bond motifs is 1. The van der Waals surface area contributed by atoms with E-state index in [1.165, 1.54) is 6.07 Å². The van der Waals surface area contributed by atoms with Crippen LogP contribution >= 0.6 is 11.6 Å². The molecular formula is C14H15ClN2O6S. The Morgan fingerprint density at radius 1 is 1.46 bits per heavy atom. The van der Waals surface area contributed by atoms with Crippen molar-refractivity contribution in [3.8, 4) is 0 Å². The zero-order valence-corrected chi connectivity index (χ0v) is 14.1. The summed E-state index contributed by atoms with van der Waals surface area (Å²) in [7, 11) is -4.18. The summed E-state index contributed by atoms with van der Waals surface area (Å²) < 4.78 is 26.8. The quantitative estimate of drug-likeness (QED) is 0.637. The van der Waals surface area contributed by atoms with Crippen molar-refractivity contribution in [2.75, 3.05) is 13.1 Å². The lowest BCUT2D eigenvalue weighted by Gasteiger charge is -2.23. The lowest BCUT2D eigenvalue weighted by molar-refractivity contribution is -0.387. The molecule has 1 saturated carbocycles. The summed E-state index contributed by atoms with van der Waals surface area (Å²) in [5.41, 5.74) is -1.70. The van der Waals surface area contributed by atoms with Gasteiger partial charge in [-0.15, -0.1) is 0 Å². The fraction of sp³-hybridized carbons (Fsp3) is 0.500. The minimum atomic E-state index is -4.18. The summed E-state index contributed by atoms with van der Waals surface area (Å²) in [6.45, 7) is -0.0937. The molecule has 0 amide bonds. The minimum Gasteiger partial charge on any atom is -0.481 e. The molecule has 0 spiro atoms. The van der Waals surface area contributed by atoms with Crippen molar-refractivity contribution in [2.45, 2.75) is 24.2 Å². The number of nitro benzene ring substituents is 1. The van der Waals surface area contributed by atoms with Crippen LogP contribution in [0.5, 0.6) is 0 Å². The van der Waals surface area contributed by atoms with Crippen LogP contribution in [-0.4, -0.2) is 41.8 Å². The van der Waals surface area contributed by atoms with E-state index in [2.05, 4.69) is 0 Å². The van der Waals surface area contributed by atoms with E-state index in [4.69, 9.17) is 11.6 Å². The highest BCUT2D eigenvalue weighted by Crippen LogP contribution is 2.50. The smallest absolute Gasteiger partial charge is 0.311 e. The Kier molecular flexibility index (Phi) is 4.05. The minimum absolute atomic E-state index is 0.0564. The van der Waals surface area contributed by atoms with E-state index >= 15 is 0 Å². The van der Waals surface area contributed by atoms with Crippen LogP contribution in [0.4, 0.5) is 5.69 Å². The predicted octanol–water partition coefficient (Wildman–Crippen LogP) is 2.12. The van der Waals surface area contributed by atoms with Crippen LogP contribution in [0.15, 0.2) is 23.1 Å². The van der Waals surface area contributed by atoms with Crippen LogP contribution in [0.2, 0.25) is 5.02 Å². The van der Waals surface area contributed by atoms with Gasteiger partial charge in [-0.2, -0.15) is 4.31 Å². The first-order valence-corrected chi connectivity index (χ1v) is 9.18. The number of carbonyl (C=O) groups is 1. The van der Waals surface area contributed by atoms with Gasteiger partial charge < -0.3 is 5.11 Å². The van der Waals surface area contributed by atoms with Gasteiger partial charge in [0, 0.05) is 24.2 Å². The van der Waals surface area contributed by atoms with Crippen LogP contribution < -0.4 is 0 Å². The molecule has 1 saturated heterocycles. The molecule has 1 aliphatic heterocycles. The Balaban J connectivity index is 2.02. The molecule has 1 aromatic rings. The van der Waals surface area contributed by atoms with E-state index in [9.17, 15) is 28.4 Å². The van der Waals surface area contributed by atoms with Crippen molar-refractivity contribution in [1.82, 2.24) is 4.31 Å². The fourth-order valence-electron chi connectivity index (χ4n) is 3.77. The average molecular weight is 375 g/mol. The van der Waals surface area contributed by atoms with Gasteiger partial charge in [0.15, 0.2) is 4.90 Å². The second kappa shape index (κ2) is 5.68. The molecule has 0 radical (unpaired) electrons. The number of carboxylic acid groups (broad SMARTS) is 1. The highest BCUT2D eigenvalue weighted by molar-refractivity contribution is 7.89. The summed E-state index contributed by atoms with van der Waals surface area (Å²) in [5.74, 6) is -1.27. The van der Waals surface area contributed by atoms with E-state index in [0.29, 0.717) is 12.8 Å². The van der Waals surface area contributed by atoms with Gasteiger partial charge in [-0.1, -0.05) is 18.0 Å². The van der Waals surface area contributed by atoms with Crippen molar-refractivity contribution < 1.29 is 23.2 Å². The van der Waals surface area contributed by atoms with E-state index in [0.717, 1.165) is 22.9 Å². The average Bonchev–Trinajstić information content (AvgIpc) is 3.04. The SMILES string of the molecule is O=C(O)[C@@]12CCC[C@H]1CN(S(=O)(=O)c1ccc(Cl)cc1[N+](=O)[O-])C2. The van der Waals surface area contributed by atoms with E-state index in [1.807, 2.05) is 0 Å². The third-order valence-electron chi connectivity index (χ3n) is 5.00. The number of aliphatic carboxylic acids is 1. The molecule has 130 valence electrons. The van der Waals surface area contributed by atoms with Crippen molar-refractivity contribution in [1.29, 1.82) is 0 Å². The fourth-order valence-corrected chi connectivity index (χ4v) is 5.63. The lowest BCUT2D eigenvalue weighted by atomic mass is 9.81. The maximum absolute atomic E-state index is 12.9. The standard InChI is InChI=1S/C14H15ClN2O6S/c15-10-3-4-12(11(6-10)17(20)21)24(22,23)16-7-9-2-1-5-14(9,8-16)13(18)19/h3-4,6,9H,1-2,5,7-8H2,(H,18,19)/t9-,14+/m0/s1. The molecule has 1 N–H and O–H groups in total. The van der Waals surface area contributed by atoms with E-state index in [-0.39, 0.29) is 24.0 Å². The molecule has 2 atom stereocenters. The lowest BCUT2D eigenvalue weighted by Crippen LogP contribution is -2.37. The number of rotatable bonds is 4. The van der Waals surface area contributed by atoms with Crippen LogP contribution in [0, 0.1) is 21.4 Å². The van der Waals surface area contributed by atoms with Gasteiger partial charge in [0.2, 0.25) is 10.0 Å². The number of halogens is 1. The zero-order chi connectivity index (χ0) is 17.7. The number of hydrogen-bond donors (Lipinski definition) is 1. The molecule has 3 rings (SSSR count). The Bertz CT molecular complexity index is 827. The van der Waals surface area contributed by atoms with E-state index < -0.39 is 36.9 Å². The molecule has 2 aliphatic rings. The summed E-state index contributed by atoms with van der Waals surface area (Å²) in [6.07, 6.45) is 1.80. The number of nitrogens with zero attached hydrogens (tertiary/aromatic N) is 2. The third kappa shape index (κ3) is 2.47. The molecule has 2 fully saturated rings. The van der Waals surface area contributed by atoms with Crippen molar-refractivity contribution in [3.63, 3.8) is 0 Å². The van der Waals surface area contributed by atoms with Gasteiger partial charge in [-0.25, -0.2) is 8.42 Å². The van der Waals surface area contributed by atoms with Gasteiger partial charge in [0.05, 0.1) is 10.3 Å². The van der Waals surface area contributed by atoms with Gasteiger partial charge in [0.25, 0.3) is 5.69 Å². The Labute approximate surface area is 143 Å². The second-order valence-electron chi connectivity index (χ2n) is 6.22. The summed E-state index contributed by atoms with van der Waals surface area (Å²) in [6, 6.07) is 3.35. The summed E-state index contributed by atoms with van der Waals surface area (Å²) >= 11 is 5.72. The molecule has 8 nitrogen and oxygen atoms in total. The molecular weight excluding hydrogens is 360 g/mol. The normalized spacial score (nSPS) is 27.1. The maximum Gasteiger partial charge on any atom is 0.311 e. The summed E-state index contributed by atoms with van der Waals surface area (Å²) in [4.78, 5) is 21.6. The van der Waals surface area contributed by atoms with Gasteiger partial charge >= 0.3 is 5.97 Å². The predicted molar refractivity (Wildman–Crippen MR) is 84.3 cm³/mol. The molecule has 1 aliphatic carbocycles. The molecule has 0 bridgehead atoms. The largest absolute Gasteiger partial charge is 0.481 e. The van der Waals surface area contributed by atoms with Crippen LogP contribution in [-0.2, 0) is 14.8 Å². The van der Waals surface area contributed by atoms with Crippen molar-refractivity contribution in [3.05, 3.63) is 33.3 Å². The van der Waals surface area contributed by atoms with Gasteiger partial charge in [-0.3, -0.25) is 14.9 Å². The molecule has 0 unspecified atom stereocenters. The number of benzene rings is 1. The summed E-state index contributed by atoms with van der Waals surface area (Å²) in [5, 5.41) is 20.8. The van der Waals surface area contributed by atoms with Gasteiger partial charge in [-0.05, 0) is 30.9 Å². The number of hydrogen-bond acceptors (Lipinski definition) is 5. The number of nitro groups is 1. The van der Waals surface area contributed by atoms with Crippen LogP contribution in [0.25, 0.3) is 0 Å². The Morgan fingerprint density at radius 2 is 2.17 bits per heavy atom. The monoisotopic (exact) mass is 374 g/mol. The first-order valence-electron chi connectivity index (χ1n) is 7.36. The van der Waals surface area contributed by atoms with E-state index in [1.54, 1.807) is 0 Å². The van der Waals surface area contributed by atoms with Gasteiger partial charge in [0.1, 0.15) is 0 Å². The number of sulfonamides is 1. The second-order valence-corrected chi connectivity index (χ2v) is 8.56.